The van der Waals surface area contributed by atoms with Crippen LogP contribution >= 0.6 is 11.8 Å². The highest BCUT2D eigenvalue weighted by Crippen LogP contribution is 2.27. The third-order valence-electron chi connectivity index (χ3n) is 1.74. The largest absolute Gasteiger partial charge is 0.327 e. The van der Waals surface area contributed by atoms with Crippen LogP contribution in [0.25, 0.3) is 0 Å². The number of aromatic nitrogens is 1. The quantitative estimate of drug-likeness (QED) is 0.775. The van der Waals surface area contributed by atoms with Gasteiger partial charge >= 0.3 is 0 Å². The lowest BCUT2D eigenvalue weighted by Crippen LogP contribution is -2.22. The summed E-state index contributed by atoms with van der Waals surface area (Å²) in [6.07, 6.45) is 5.73. The van der Waals surface area contributed by atoms with E-state index in [1.165, 1.54) is 5.56 Å². The van der Waals surface area contributed by atoms with Crippen LogP contribution in [0.15, 0.2) is 24.5 Å². The number of thioether (sulfide) groups is 1. The fourth-order valence-electron chi connectivity index (χ4n) is 1.20. The average molecular weight is 182 g/mol. The van der Waals surface area contributed by atoms with E-state index in [0.29, 0.717) is 5.25 Å². The Morgan fingerprint density at radius 1 is 1.58 bits per heavy atom. The standard InChI is InChI=1S/C9H14N2S/c1-7(10)9(12-2)8-4-3-5-11-6-8/h3-7,9H,10H2,1-2H3. The zero-order valence-corrected chi connectivity index (χ0v) is 8.21. The van der Waals surface area contributed by atoms with Gasteiger partial charge in [-0.3, -0.25) is 4.98 Å². The molecule has 0 spiro atoms. The van der Waals surface area contributed by atoms with Crippen molar-refractivity contribution in [2.45, 2.75) is 18.2 Å². The van der Waals surface area contributed by atoms with Gasteiger partial charge in [-0.2, -0.15) is 11.8 Å². The first-order chi connectivity index (χ1) is 5.75. The summed E-state index contributed by atoms with van der Waals surface area (Å²) in [5.74, 6) is 0. The van der Waals surface area contributed by atoms with Gasteiger partial charge in [-0.15, -0.1) is 0 Å². The number of hydrogen-bond donors (Lipinski definition) is 1. The number of hydrogen-bond acceptors (Lipinski definition) is 3. The smallest absolute Gasteiger partial charge is 0.0458 e. The van der Waals surface area contributed by atoms with Crippen LogP contribution in [0.5, 0.6) is 0 Å². The molecule has 66 valence electrons. The highest BCUT2D eigenvalue weighted by Gasteiger charge is 2.13. The first-order valence-electron chi connectivity index (χ1n) is 3.94. The SMILES string of the molecule is CSC(c1cccnc1)C(C)N. The molecule has 0 aliphatic carbocycles. The Kier molecular flexibility index (Phi) is 3.56. The molecule has 0 amide bonds. The van der Waals surface area contributed by atoms with Crippen molar-refractivity contribution in [3.63, 3.8) is 0 Å². The third-order valence-corrected chi connectivity index (χ3v) is 2.95. The Hall–Kier alpha value is -0.540. The molecule has 0 radical (unpaired) electrons. The Labute approximate surface area is 77.6 Å². The van der Waals surface area contributed by atoms with Crippen LogP contribution in [-0.2, 0) is 0 Å². The molecule has 0 fully saturated rings. The van der Waals surface area contributed by atoms with Crippen LogP contribution < -0.4 is 5.73 Å². The molecule has 2 N–H and O–H groups in total. The Balaban J connectivity index is 2.80. The first kappa shape index (κ1) is 9.55. The van der Waals surface area contributed by atoms with Gasteiger partial charge in [-0.1, -0.05) is 6.07 Å². The minimum Gasteiger partial charge on any atom is -0.327 e. The zero-order chi connectivity index (χ0) is 8.97. The maximum absolute atomic E-state index is 5.83. The molecule has 1 aromatic heterocycles. The van der Waals surface area contributed by atoms with Crippen LogP contribution in [0.2, 0.25) is 0 Å². The third kappa shape index (κ3) is 2.22. The molecular formula is C9H14N2S. The molecule has 12 heavy (non-hydrogen) atoms. The van der Waals surface area contributed by atoms with E-state index >= 15 is 0 Å². The van der Waals surface area contributed by atoms with E-state index in [0.717, 1.165) is 0 Å². The molecule has 1 heterocycles. The van der Waals surface area contributed by atoms with Crippen molar-refractivity contribution in [3.8, 4) is 0 Å². The van der Waals surface area contributed by atoms with E-state index in [1.807, 2.05) is 19.2 Å². The Bertz CT molecular complexity index is 223. The van der Waals surface area contributed by atoms with E-state index in [-0.39, 0.29) is 6.04 Å². The van der Waals surface area contributed by atoms with Gasteiger partial charge in [0, 0.05) is 23.7 Å². The average Bonchev–Trinajstić information content (AvgIpc) is 2.07. The number of rotatable bonds is 3. The van der Waals surface area contributed by atoms with Crippen LogP contribution in [0.3, 0.4) is 0 Å². The van der Waals surface area contributed by atoms with Gasteiger partial charge in [0.15, 0.2) is 0 Å². The highest BCUT2D eigenvalue weighted by atomic mass is 32.2. The number of nitrogens with zero attached hydrogens (tertiary/aromatic N) is 1. The molecule has 1 aromatic rings. The van der Waals surface area contributed by atoms with E-state index in [9.17, 15) is 0 Å². The summed E-state index contributed by atoms with van der Waals surface area (Å²) in [5.41, 5.74) is 7.04. The zero-order valence-electron chi connectivity index (χ0n) is 7.40. The van der Waals surface area contributed by atoms with Gasteiger partial charge < -0.3 is 5.73 Å². The lowest BCUT2D eigenvalue weighted by molar-refractivity contribution is 0.720. The fourth-order valence-corrected chi connectivity index (χ4v) is 2.04. The predicted octanol–water partition coefficient (Wildman–Crippen LogP) is 1.83. The van der Waals surface area contributed by atoms with Crippen LogP contribution in [0.4, 0.5) is 0 Å². The number of nitrogens with two attached hydrogens (primary N) is 1. The molecule has 0 aliphatic heterocycles. The monoisotopic (exact) mass is 182 g/mol. The molecule has 1 rings (SSSR count). The van der Waals surface area contributed by atoms with E-state index in [1.54, 1.807) is 18.0 Å². The molecule has 0 saturated heterocycles. The van der Waals surface area contributed by atoms with E-state index in [2.05, 4.69) is 17.3 Å². The summed E-state index contributed by atoms with van der Waals surface area (Å²) in [5, 5.41) is 0.360. The highest BCUT2D eigenvalue weighted by molar-refractivity contribution is 7.98. The van der Waals surface area contributed by atoms with Crippen LogP contribution in [0.1, 0.15) is 17.7 Å². The summed E-state index contributed by atoms with van der Waals surface area (Å²) in [6.45, 7) is 2.02. The molecule has 3 heteroatoms. The van der Waals surface area contributed by atoms with Crippen molar-refractivity contribution in [2.24, 2.45) is 5.73 Å². The van der Waals surface area contributed by atoms with Gasteiger partial charge in [-0.25, -0.2) is 0 Å². The second-order valence-electron chi connectivity index (χ2n) is 2.80. The lowest BCUT2D eigenvalue weighted by atomic mass is 10.1. The molecule has 0 bridgehead atoms. The Morgan fingerprint density at radius 3 is 2.75 bits per heavy atom. The van der Waals surface area contributed by atoms with E-state index in [4.69, 9.17) is 5.73 Å². The van der Waals surface area contributed by atoms with Gasteiger partial charge in [0.2, 0.25) is 0 Å². The van der Waals surface area contributed by atoms with Gasteiger partial charge in [-0.05, 0) is 24.8 Å². The van der Waals surface area contributed by atoms with Crippen molar-refractivity contribution >= 4 is 11.8 Å². The van der Waals surface area contributed by atoms with Crippen LogP contribution in [0, 0.1) is 0 Å². The van der Waals surface area contributed by atoms with Gasteiger partial charge in [0.25, 0.3) is 0 Å². The molecule has 0 saturated carbocycles. The summed E-state index contributed by atoms with van der Waals surface area (Å²) >= 11 is 1.77. The van der Waals surface area contributed by atoms with Crippen molar-refractivity contribution in [2.75, 3.05) is 6.26 Å². The first-order valence-corrected chi connectivity index (χ1v) is 5.22. The maximum atomic E-state index is 5.83. The summed E-state index contributed by atoms with van der Waals surface area (Å²) in [4.78, 5) is 4.07. The summed E-state index contributed by atoms with van der Waals surface area (Å²) < 4.78 is 0. The predicted molar refractivity (Wildman–Crippen MR) is 54.1 cm³/mol. The van der Waals surface area contributed by atoms with Crippen molar-refractivity contribution in [3.05, 3.63) is 30.1 Å². The second-order valence-corrected chi connectivity index (χ2v) is 3.78. The minimum atomic E-state index is 0.171. The van der Waals surface area contributed by atoms with E-state index < -0.39 is 0 Å². The maximum Gasteiger partial charge on any atom is 0.0458 e. The normalized spacial score (nSPS) is 15.6. The Morgan fingerprint density at radius 2 is 2.33 bits per heavy atom. The molecule has 0 aromatic carbocycles. The molecule has 2 nitrogen and oxygen atoms in total. The lowest BCUT2D eigenvalue weighted by Gasteiger charge is -2.17. The molecule has 0 aliphatic rings. The number of pyridine rings is 1. The molecule has 2 unspecified atom stereocenters. The van der Waals surface area contributed by atoms with Gasteiger partial charge in [0.1, 0.15) is 0 Å². The molecule has 2 atom stereocenters. The fraction of sp³-hybridized carbons (Fsp3) is 0.444. The van der Waals surface area contributed by atoms with Gasteiger partial charge in [0.05, 0.1) is 0 Å². The van der Waals surface area contributed by atoms with Crippen molar-refractivity contribution in [1.29, 1.82) is 0 Å². The second kappa shape index (κ2) is 4.48. The van der Waals surface area contributed by atoms with Crippen molar-refractivity contribution in [1.82, 2.24) is 4.98 Å². The van der Waals surface area contributed by atoms with Crippen molar-refractivity contribution < 1.29 is 0 Å². The summed E-state index contributed by atoms with van der Waals surface area (Å²) in [7, 11) is 0. The minimum absolute atomic E-state index is 0.171. The summed E-state index contributed by atoms with van der Waals surface area (Å²) in [6, 6.07) is 4.18. The van der Waals surface area contributed by atoms with Crippen LogP contribution in [-0.4, -0.2) is 17.3 Å². The molecular weight excluding hydrogens is 168 g/mol. The topological polar surface area (TPSA) is 38.9 Å².